The van der Waals surface area contributed by atoms with Crippen LogP contribution in [0.2, 0.25) is 0 Å². The third-order valence-corrected chi connectivity index (χ3v) is 5.56. The number of esters is 2. The van der Waals surface area contributed by atoms with E-state index in [1.165, 1.54) is 19.8 Å². The number of ether oxygens (including phenoxy) is 3. The molecular weight excluding hydrogens is 344 g/mol. The van der Waals surface area contributed by atoms with Crippen LogP contribution in [-0.4, -0.2) is 37.9 Å². The molecule has 0 aromatic rings. The summed E-state index contributed by atoms with van der Waals surface area (Å²) >= 11 is 0. The molecule has 5 heteroatoms. The van der Waals surface area contributed by atoms with Crippen molar-refractivity contribution in [2.24, 2.45) is 5.92 Å². The van der Waals surface area contributed by atoms with E-state index in [0.29, 0.717) is 29.9 Å². The number of hydrogen-bond donors (Lipinski definition) is 0. The maximum atomic E-state index is 12.1. The van der Waals surface area contributed by atoms with Gasteiger partial charge in [0.1, 0.15) is 0 Å². The van der Waals surface area contributed by atoms with E-state index >= 15 is 0 Å². The van der Waals surface area contributed by atoms with Crippen LogP contribution in [0.15, 0.2) is 34.9 Å². The van der Waals surface area contributed by atoms with Crippen LogP contribution in [0, 0.1) is 5.92 Å². The van der Waals surface area contributed by atoms with Crippen molar-refractivity contribution >= 4 is 11.9 Å². The van der Waals surface area contributed by atoms with Gasteiger partial charge >= 0.3 is 11.9 Å². The molecule has 2 rings (SSSR count). The fourth-order valence-corrected chi connectivity index (χ4v) is 3.55. The summed E-state index contributed by atoms with van der Waals surface area (Å²) in [6.07, 6.45) is 10.4. The Morgan fingerprint density at radius 2 is 1.74 bits per heavy atom. The molecule has 0 unspecified atom stereocenters. The molecule has 1 heterocycles. The Hall–Kier alpha value is -1.88. The Labute approximate surface area is 162 Å². The summed E-state index contributed by atoms with van der Waals surface area (Å²) in [5.41, 5.74) is 2.38. The second kappa shape index (κ2) is 9.36. The molecule has 0 radical (unpaired) electrons. The molecule has 1 saturated heterocycles. The average molecular weight is 376 g/mol. The number of allylic oxidation sites excluding steroid dienone is 4. The second-order valence-electron chi connectivity index (χ2n) is 7.80. The number of carbonyl (C=O) groups is 2. The van der Waals surface area contributed by atoms with Gasteiger partial charge in [-0.2, -0.15) is 0 Å². The quantitative estimate of drug-likeness (QED) is 0.543. The van der Waals surface area contributed by atoms with Crippen LogP contribution in [0.5, 0.6) is 0 Å². The predicted octanol–water partition coefficient (Wildman–Crippen LogP) is 4.28. The molecule has 1 aliphatic carbocycles. The normalized spacial score (nSPS) is 32.5. The van der Waals surface area contributed by atoms with Crippen LogP contribution in [0.1, 0.15) is 59.3 Å². The van der Waals surface area contributed by atoms with Crippen molar-refractivity contribution in [2.75, 3.05) is 14.2 Å². The highest BCUT2D eigenvalue weighted by Gasteiger charge is 2.50. The van der Waals surface area contributed by atoms with Gasteiger partial charge in [0.2, 0.25) is 0 Å². The molecule has 150 valence electrons. The van der Waals surface area contributed by atoms with Crippen molar-refractivity contribution in [3.63, 3.8) is 0 Å². The molecule has 1 fully saturated rings. The SMILES string of the molecule is COC(=O)/C1=C\C=C(\C(C)C)CC/C(C(=O)OC)=C\CC[C@@]2(C)O[C@H]2CC1. The summed E-state index contributed by atoms with van der Waals surface area (Å²) in [5.74, 6) is -0.240. The first-order chi connectivity index (χ1) is 12.8. The van der Waals surface area contributed by atoms with Crippen LogP contribution < -0.4 is 0 Å². The summed E-state index contributed by atoms with van der Waals surface area (Å²) < 4.78 is 15.8. The zero-order valence-electron chi connectivity index (χ0n) is 17.2. The highest BCUT2D eigenvalue weighted by molar-refractivity contribution is 5.89. The number of methoxy groups -OCH3 is 2. The molecule has 27 heavy (non-hydrogen) atoms. The van der Waals surface area contributed by atoms with Gasteiger partial charge in [-0.3, -0.25) is 0 Å². The van der Waals surface area contributed by atoms with Crippen LogP contribution in [0.4, 0.5) is 0 Å². The third-order valence-electron chi connectivity index (χ3n) is 5.56. The molecule has 2 aliphatic rings. The first-order valence-electron chi connectivity index (χ1n) is 9.73. The molecule has 0 aromatic heterocycles. The Morgan fingerprint density at radius 1 is 1.07 bits per heavy atom. The minimum absolute atomic E-state index is 0.136. The van der Waals surface area contributed by atoms with Crippen LogP contribution in [0.25, 0.3) is 0 Å². The smallest absolute Gasteiger partial charge is 0.333 e. The molecule has 0 bridgehead atoms. The summed E-state index contributed by atoms with van der Waals surface area (Å²) in [6.45, 7) is 6.32. The van der Waals surface area contributed by atoms with Gasteiger partial charge in [-0.25, -0.2) is 9.59 Å². The first kappa shape index (κ1) is 21.4. The standard InChI is InChI=1S/C22H32O5/c1-15(2)16-8-10-17(20(23)25-4)7-6-14-22(3)19(27-22)13-12-18(11-9-16)21(24)26-5/h7,9,11,15,19H,6,8,10,12-14H2,1-5H3/b16-9+,17-7+,18-11-/t19-,22+/m0/s1. The fourth-order valence-electron chi connectivity index (χ4n) is 3.55. The highest BCUT2D eigenvalue weighted by atomic mass is 16.6. The summed E-state index contributed by atoms with van der Waals surface area (Å²) in [7, 11) is 2.83. The van der Waals surface area contributed by atoms with Gasteiger partial charge in [-0.05, 0) is 51.4 Å². The molecule has 2 atom stereocenters. The zero-order valence-corrected chi connectivity index (χ0v) is 17.2. The minimum Gasteiger partial charge on any atom is -0.466 e. The van der Waals surface area contributed by atoms with Crippen molar-refractivity contribution in [1.29, 1.82) is 0 Å². The molecule has 0 aromatic carbocycles. The van der Waals surface area contributed by atoms with Gasteiger partial charge in [-0.1, -0.05) is 37.6 Å². The summed E-state index contributed by atoms with van der Waals surface area (Å²) in [5, 5.41) is 0. The van der Waals surface area contributed by atoms with Crippen molar-refractivity contribution in [2.45, 2.75) is 71.0 Å². The number of epoxide rings is 1. The first-order valence-corrected chi connectivity index (χ1v) is 9.73. The highest BCUT2D eigenvalue weighted by Crippen LogP contribution is 2.43. The predicted molar refractivity (Wildman–Crippen MR) is 104 cm³/mol. The van der Waals surface area contributed by atoms with Gasteiger partial charge in [0, 0.05) is 11.1 Å². The largest absolute Gasteiger partial charge is 0.466 e. The van der Waals surface area contributed by atoms with E-state index in [-0.39, 0.29) is 23.6 Å². The van der Waals surface area contributed by atoms with Crippen molar-refractivity contribution in [3.8, 4) is 0 Å². The van der Waals surface area contributed by atoms with Gasteiger partial charge in [-0.15, -0.1) is 0 Å². The van der Waals surface area contributed by atoms with Gasteiger partial charge in [0.05, 0.1) is 25.9 Å². The molecule has 0 N–H and O–H groups in total. The number of fused-ring (bicyclic) bond motifs is 1. The molecule has 5 nitrogen and oxygen atoms in total. The maximum absolute atomic E-state index is 12.1. The lowest BCUT2D eigenvalue weighted by Crippen LogP contribution is -2.12. The maximum Gasteiger partial charge on any atom is 0.333 e. The number of hydrogen-bond acceptors (Lipinski definition) is 5. The van der Waals surface area contributed by atoms with Crippen molar-refractivity contribution in [1.82, 2.24) is 0 Å². The van der Waals surface area contributed by atoms with E-state index in [2.05, 4.69) is 20.8 Å². The fraction of sp³-hybridized carbons (Fsp3) is 0.636. The van der Waals surface area contributed by atoms with Crippen LogP contribution >= 0.6 is 0 Å². The molecular formula is C22H32O5. The van der Waals surface area contributed by atoms with E-state index in [1.807, 2.05) is 18.2 Å². The minimum atomic E-state index is -0.293. The number of rotatable bonds is 3. The van der Waals surface area contributed by atoms with E-state index < -0.39 is 0 Å². The molecule has 0 amide bonds. The Morgan fingerprint density at radius 3 is 2.37 bits per heavy atom. The third kappa shape index (κ3) is 5.80. The van der Waals surface area contributed by atoms with Gasteiger partial charge < -0.3 is 14.2 Å². The Kier molecular flexibility index (Phi) is 7.42. The lowest BCUT2D eigenvalue weighted by atomic mass is 9.92. The van der Waals surface area contributed by atoms with E-state index in [1.54, 1.807) is 0 Å². The zero-order chi connectivity index (χ0) is 20.0. The van der Waals surface area contributed by atoms with Gasteiger partial charge in [0.25, 0.3) is 0 Å². The van der Waals surface area contributed by atoms with Crippen molar-refractivity contribution in [3.05, 3.63) is 34.9 Å². The van der Waals surface area contributed by atoms with E-state index in [0.717, 1.165) is 25.7 Å². The Balaban J connectivity index is 2.31. The summed E-state index contributed by atoms with van der Waals surface area (Å²) in [6, 6.07) is 0. The number of carbonyl (C=O) groups excluding carboxylic acids is 2. The summed E-state index contributed by atoms with van der Waals surface area (Å²) in [4.78, 5) is 24.3. The van der Waals surface area contributed by atoms with Crippen LogP contribution in [0.3, 0.4) is 0 Å². The molecule has 0 spiro atoms. The van der Waals surface area contributed by atoms with Crippen LogP contribution in [-0.2, 0) is 23.8 Å². The monoisotopic (exact) mass is 376 g/mol. The second-order valence-corrected chi connectivity index (χ2v) is 7.80. The Bertz CT molecular complexity index is 656. The average Bonchev–Trinajstić information content (AvgIpc) is 3.30. The topological polar surface area (TPSA) is 65.1 Å². The van der Waals surface area contributed by atoms with Gasteiger partial charge in [0.15, 0.2) is 0 Å². The van der Waals surface area contributed by atoms with Crippen molar-refractivity contribution < 1.29 is 23.8 Å². The lowest BCUT2D eigenvalue weighted by molar-refractivity contribution is -0.137. The lowest BCUT2D eigenvalue weighted by Gasteiger charge is -2.13. The molecule has 0 saturated carbocycles. The van der Waals surface area contributed by atoms with E-state index in [4.69, 9.17) is 14.2 Å². The van der Waals surface area contributed by atoms with E-state index in [9.17, 15) is 9.59 Å². The molecule has 1 aliphatic heterocycles.